The van der Waals surface area contributed by atoms with E-state index in [9.17, 15) is 9.90 Å². The fourth-order valence-electron chi connectivity index (χ4n) is 2.37. The minimum absolute atomic E-state index is 0.0805. The van der Waals surface area contributed by atoms with Gasteiger partial charge < -0.3 is 10.4 Å². The van der Waals surface area contributed by atoms with Crippen molar-refractivity contribution in [1.29, 1.82) is 0 Å². The van der Waals surface area contributed by atoms with Gasteiger partial charge in [-0.05, 0) is 12.5 Å². The number of anilines is 1. The maximum absolute atomic E-state index is 12.3. The van der Waals surface area contributed by atoms with Crippen LogP contribution < -0.4 is 5.32 Å². The highest BCUT2D eigenvalue weighted by molar-refractivity contribution is 6.02. The molecule has 1 amide bonds. The van der Waals surface area contributed by atoms with Gasteiger partial charge in [0.05, 0.1) is 25.0 Å². The molecule has 7 heteroatoms. The summed E-state index contributed by atoms with van der Waals surface area (Å²) in [4.78, 5) is 20.1. The number of benzene rings is 1. The lowest BCUT2D eigenvalue weighted by molar-refractivity contribution is 0.102. The number of hydrogen-bond acceptors (Lipinski definition) is 5. The molecule has 0 atom stereocenters. The molecular weight excluding hydrogens is 306 g/mol. The molecule has 3 rings (SSSR count). The summed E-state index contributed by atoms with van der Waals surface area (Å²) in [5, 5.41) is 16.5. The summed E-state index contributed by atoms with van der Waals surface area (Å²) in [5.74, 6) is 0.122. The molecule has 2 aromatic heterocycles. The first-order chi connectivity index (χ1) is 11.7. The third kappa shape index (κ3) is 3.31. The molecule has 0 aliphatic heterocycles. The molecule has 0 radical (unpaired) electrons. The molecule has 122 valence electrons. The number of rotatable bonds is 5. The molecule has 0 aliphatic carbocycles. The Labute approximate surface area is 139 Å². The third-order valence-corrected chi connectivity index (χ3v) is 3.55. The van der Waals surface area contributed by atoms with Crippen LogP contribution in [0, 0.1) is 6.92 Å². The van der Waals surface area contributed by atoms with Crippen molar-refractivity contribution in [2.75, 3.05) is 11.9 Å². The Kier molecular flexibility index (Phi) is 4.62. The normalized spacial score (nSPS) is 10.6. The molecule has 0 fully saturated rings. The van der Waals surface area contributed by atoms with Crippen LogP contribution in [0.25, 0.3) is 11.3 Å². The number of nitrogens with zero attached hydrogens (tertiary/aromatic N) is 4. The zero-order valence-electron chi connectivity index (χ0n) is 13.2. The number of nitrogens with one attached hydrogen (secondary N) is 1. The summed E-state index contributed by atoms with van der Waals surface area (Å²) < 4.78 is 1.57. The number of aromatic nitrogens is 4. The maximum atomic E-state index is 12.3. The average Bonchev–Trinajstić information content (AvgIpc) is 2.99. The fraction of sp³-hybridized carbons (Fsp3) is 0.176. The van der Waals surface area contributed by atoms with Crippen LogP contribution in [0.15, 0.2) is 48.9 Å². The molecule has 2 N–H and O–H groups in total. The Bertz CT molecular complexity index is 845. The van der Waals surface area contributed by atoms with Gasteiger partial charge in [0.25, 0.3) is 5.91 Å². The van der Waals surface area contributed by atoms with Crippen molar-refractivity contribution in [2.45, 2.75) is 13.5 Å². The molecule has 1 aromatic carbocycles. The van der Waals surface area contributed by atoms with E-state index in [2.05, 4.69) is 20.4 Å². The Hall–Kier alpha value is -3.06. The lowest BCUT2D eigenvalue weighted by Gasteiger charge is -2.06. The minimum atomic E-state index is -0.376. The van der Waals surface area contributed by atoms with Crippen molar-refractivity contribution < 1.29 is 9.90 Å². The molecule has 0 aliphatic rings. The van der Waals surface area contributed by atoms with Crippen molar-refractivity contribution >= 4 is 11.7 Å². The molecule has 0 saturated heterocycles. The Morgan fingerprint density at radius 3 is 2.83 bits per heavy atom. The van der Waals surface area contributed by atoms with Gasteiger partial charge in [0, 0.05) is 24.0 Å². The first-order valence-corrected chi connectivity index (χ1v) is 7.51. The van der Waals surface area contributed by atoms with Crippen LogP contribution in [-0.2, 0) is 6.54 Å². The summed E-state index contributed by atoms with van der Waals surface area (Å²) in [6.45, 7) is 2.20. The third-order valence-electron chi connectivity index (χ3n) is 3.55. The zero-order valence-corrected chi connectivity index (χ0v) is 13.2. The highest BCUT2D eigenvalue weighted by Crippen LogP contribution is 2.25. The van der Waals surface area contributed by atoms with Gasteiger partial charge in [-0.2, -0.15) is 5.10 Å². The second-order valence-corrected chi connectivity index (χ2v) is 5.22. The first-order valence-electron chi connectivity index (χ1n) is 7.51. The van der Waals surface area contributed by atoms with E-state index in [1.54, 1.807) is 10.7 Å². The molecule has 24 heavy (non-hydrogen) atoms. The topological polar surface area (TPSA) is 92.9 Å². The smallest absolute Gasteiger partial charge is 0.277 e. The minimum Gasteiger partial charge on any atom is -0.394 e. The van der Waals surface area contributed by atoms with Crippen LogP contribution in [0.4, 0.5) is 5.82 Å². The van der Waals surface area contributed by atoms with E-state index in [1.165, 1.54) is 18.6 Å². The van der Waals surface area contributed by atoms with Gasteiger partial charge in [-0.25, -0.2) is 9.67 Å². The average molecular weight is 323 g/mol. The first kappa shape index (κ1) is 15.8. The van der Waals surface area contributed by atoms with Gasteiger partial charge in [-0.15, -0.1) is 0 Å². The number of aryl methyl sites for hydroxylation is 1. The van der Waals surface area contributed by atoms with E-state index in [0.717, 1.165) is 16.8 Å². The highest BCUT2D eigenvalue weighted by atomic mass is 16.3. The van der Waals surface area contributed by atoms with Crippen LogP contribution >= 0.6 is 0 Å². The predicted molar refractivity (Wildman–Crippen MR) is 89.5 cm³/mol. The quantitative estimate of drug-likeness (QED) is 0.748. The Morgan fingerprint density at radius 1 is 1.29 bits per heavy atom. The second-order valence-electron chi connectivity index (χ2n) is 5.22. The van der Waals surface area contributed by atoms with Crippen molar-refractivity contribution in [3.63, 3.8) is 0 Å². The lowest BCUT2D eigenvalue weighted by atomic mass is 10.1. The number of aliphatic hydroxyl groups is 1. The predicted octanol–water partition coefficient (Wildman–Crippen LogP) is 1.89. The summed E-state index contributed by atoms with van der Waals surface area (Å²) in [5.41, 5.74) is 3.00. The lowest BCUT2D eigenvalue weighted by Crippen LogP contribution is -2.17. The van der Waals surface area contributed by atoms with E-state index in [-0.39, 0.29) is 24.8 Å². The summed E-state index contributed by atoms with van der Waals surface area (Å²) in [7, 11) is 0. The van der Waals surface area contributed by atoms with E-state index in [4.69, 9.17) is 0 Å². The van der Waals surface area contributed by atoms with E-state index in [0.29, 0.717) is 5.82 Å². The monoisotopic (exact) mass is 323 g/mol. The second kappa shape index (κ2) is 7.01. The Balaban J connectivity index is 1.92. The molecule has 0 bridgehead atoms. The van der Waals surface area contributed by atoms with Gasteiger partial charge >= 0.3 is 0 Å². The summed E-state index contributed by atoms with van der Waals surface area (Å²) >= 11 is 0. The molecule has 0 spiro atoms. The maximum Gasteiger partial charge on any atom is 0.277 e. The highest BCUT2D eigenvalue weighted by Gasteiger charge is 2.15. The fourth-order valence-corrected chi connectivity index (χ4v) is 2.37. The van der Waals surface area contributed by atoms with Crippen molar-refractivity contribution in [1.82, 2.24) is 19.7 Å². The van der Waals surface area contributed by atoms with E-state index < -0.39 is 0 Å². The number of amides is 1. The number of hydrogen-bond donors (Lipinski definition) is 2. The molecular formula is C17H17N5O2. The SMILES string of the molecule is Cc1ccccc1-c1cc(NC(=O)c2cnccn2)n(CCO)n1. The number of carbonyl (C=O) groups is 1. The van der Waals surface area contributed by atoms with Crippen molar-refractivity contribution in [3.8, 4) is 11.3 Å². The van der Waals surface area contributed by atoms with Crippen LogP contribution in [0.2, 0.25) is 0 Å². The van der Waals surface area contributed by atoms with Crippen LogP contribution in [0.1, 0.15) is 16.1 Å². The van der Waals surface area contributed by atoms with E-state index in [1.807, 2.05) is 31.2 Å². The number of carbonyl (C=O) groups excluding carboxylic acids is 1. The Morgan fingerprint density at radius 2 is 2.12 bits per heavy atom. The molecule has 7 nitrogen and oxygen atoms in total. The molecule has 0 unspecified atom stereocenters. The van der Waals surface area contributed by atoms with Crippen LogP contribution in [0.3, 0.4) is 0 Å². The van der Waals surface area contributed by atoms with Gasteiger partial charge in [0.2, 0.25) is 0 Å². The van der Waals surface area contributed by atoms with Crippen molar-refractivity contribution in [2.24, 2.45) is 0 Å². The van der Waals surface area contributed by atoms with Crippen molar-refractivity contribution in [3.05, 3.63) is 60.2 Å². The number of aliphatic hydroxyl groups excluding tert-OH is 1. The molecule has 0 saturated carbocycles. The van der Waals surface area contributed by atoms with Crippen LogP contribution in [-0.4, -0.2) is 37.4 Å². The molecule has 2 heterocycles. The largest absolute Gasteiger partial charge is 0.394 e. The standard InChI is InChI=1S/C17H17N5O2/c1-12-4-2-3-5-13(12)14-10-16(22(21-14)8-9-23)20-17(24)15-11-18-6-7-19-15/h2-7,10-11,23H,8-9H2,1H3,(H,20,24). The van der Waals surface area contributed by atoms with E-state index >= 15 is 0 Å². The zero-order chi connectivity index (χ0) is 16.9. The van der Waals surface area contributed by atoms with Gasteiger partial charge in [0.1, 0.15) is 11.5 Å². The summed E-state index contributed by atoms with van der Waals surface area (Å²) in [6, 6.07) is 9.64. The van der Waals surface area contributed by atoms with Gasteiger partial charge in [0.15, 0.2) is 0 Å². The van der Waals surface area contributed by atoms with Gasteiger partial charge in [-0.1, -0.05) is 24.3 Å². The molecule has 3 aromatic rings. The van der Waals surface area contributed by atoms with Crippen LogP contribution in [0.5, 0.6) is 0 Å². The summed E-state index contributed by atoms with van der Waals surface area (Å²) in [6.07, 6.45) is 4.35. The van der Waals surface area contributed by atoms with Gasteiger partial charge in [-0.3, -0.25) is 9.78 Å².